The molecule has 0 N–H and O–H groups in total. The molecule has 2 amide bonds. The first-order chi connectivity index (χ1) is 15.1. The molecule has 3 fully saturated rings. The highest BCUT2D eigenvalue weighted by Crippen LogP contribution is 2.30. The van der Waals surface area contributed by atoms with E-state index in [1.54, 1.807) is 16.8 Å². The standard InChI is InChI=1S/C23H27FN4O3/c24-18-1-3-19(4-2-18)28-12-7-21(25-28)16-5-9-26(10-6-16)23(30)27-11-8-22-17(14-27)13-20(29)15-31-22/h1-4,7,12,16-17,22H,5-6,8-11,13-15H2/t17-,22+/m1/s1. The number of halogens is 1. The second-order valence-electron chi connectivity index (χ2n) is 8.79. The van der Waals surface area contributed by atoms with Crippen molar-refractivity contribution in [3.63, 3.8) is 0 Å². The van der Waals surface area contributed by atoms with Gasteiger partial charge in [0.1, 0.15) is 12.4 Å². The Bertz CT molecular complexity index is 952. The molecule has 3 saturated heterocycles. The number of nitrogens with zero attached hydrogens (tertiary/aromatic N) is 4. The summed E-state index contributed by atoms with van der Waals surface area (Å²) in [5.74, 6) is 0.309. The maximum absolute atomic E-state index is 13.1. The topological polar surface area (TPSA) is 67.7 Å². The first kappa shape index (κ1) is 20.2. The van der Waals surface area contributed by atoms with Gasteiger partial charge in [-0.25, -0.2) is 13.9 Å². The number of rotatable bonds is 2. The summed E-state index contributed by atoms with van der Waals surface area (Å²) in [5, 5.41) is 4.68. The zero-order chi connectivity index (χ0) is 21.4. The number of aromatic nitrogens is 2. The van der Waals surface area contributed by atoms with Gasteiger partial charge in [-0.2, -0.15) is 5.10 Å². The number of hydrogen-bond donors (Lipinski definition) is 0. The molecule has 164 valence electrons. The van der Waals surface area contributed by atoms with E-state index in [0.717, 1.165) is 30.6 Å². The number of urea groups is 1. The van der Waals surface area contributed by atoms with E-state index in [4.69, 9.17) is 4.74 Å². The van der Waals surface area contributed by atoms with Gasteiger partial charge in [-0.3, -0.25) is 4.79 Å². The molecule has 0 aliphatic carbocycles. The number of benzene rings is 1. The van der Waals surface area contributed by atoms with Crippen LogP contribution < -0.4 is 0 Å². The van der Waals surface area contributed by atoms with Crippen LogP contribution in [0.5, 0.6) is 0 Å². The van der Waals surface area contributed by atoms with E-state index in [1.165, 1.54) is 12.1 Å². The molecule has 2 atom stereocenters. The third-order valence-electron chi connectivity index (χ3n) is 6.77. The maximum atomic E-state index is 13.1. The molecule has 7 nitrogen and oxygen atoms in total. The van der Waals surface area contributed by atoms with Crippen LogP contribution >= 0.6 is 0 Å². The maximum Gasteiger partial charge on any atom is 0.320 e. The molecule has 0 radical (unpaired) electrons. The molecule has 5 rings (SSSR count). The minimum absolute atomic E-state index is 0.0757. The van der Waals surface area contributed by atoms with Crippen molar-refractivity contribution in [2.45, 2.75) is 37.7 Å². The number of amides is 2. The summed E-state index contributed by atoms with van der Waals surface area (Å²) in [7, 11) is 0. The Morgan fingerprint density at radius 3 is 2.55 bits per heavy atom. The lowest BCUT2D eigenvalue weighted by Gasteiger charge is -2.43. The smallest absolute Gasteiger partial charge is 0.320 e. The minimum atomic E-state index is -0.264. The van der Waals surface area contributed by atoms with Crippen LogP contribution in [0.1, 0.15) is 37.3 Å². The Kier molecular flexibility index (Phi) is 5.48. The van der Waals surface area contributed by atoms with Crippen molar-refractivity contribution in [1.29, 1.82) is 0 Å². The van der Waals surface area contributed by atoms with E-state index < -0.39 is 0 Å². The van der Waals surface area contributed by atoms with Crippen molar-refractivity contribution in [2.24, 2.45) is 5.92 Å². The number of ether oxygens (including phenoxy) is 1. The second kappa shape index (κ2) is 8.42. The zero-order valence-corrected chi connectivity index (χ0v) is 17.5. The number of piperidine rings is 2. The Balaban J connectivity index is 1.17. The summed E-state index contributed by atoms with van der Waals surface area (Å²) in [6, 6.07) is 8.36. The van der Waals surface area contributed by atoms with Crippen molar-refractivity contribution in [1.82, 2.24) is 19.6 Å². The highest BCUT2D eigenvalue weighted by molar-refractivity contribution is 5.81. The number of ketones is 1. The lowest BCUT2D eigenvalue weighted by Crippen LogP contribution is -2.54. The minimum Gasteiger partial charge on any atom is -0.370 e. The predicted octanol–water partition coefficient (Wildman–Crippen LogP) is 2.99. The molecule has 3 aliphatic rings. The van der Waals surface area contributed by atoms with E-state index in [-0.39, 0.29) is 36.3 Å². The monoisotopic (exact) mass is 426 g/mol. The summed E-state index contributed by atoms with van der Waals surface area (Å²) in [4.78, 5) is 28.6. The molecule has 3 aliphatic heterocycles. The van der Waals surface area contributed by atoms with E-state index in [1.807, 2.05) is 22.1 Å². The molecule has 4 heterocycles. The van der Waals surface area contributed by atoms with E-state index in [0.29, 0.717) is 38.5 Å². The average Bonchev–Trinajstić information content (AvgIpc) is 3.29. The van der Waals surface area contributed by atoms with Gasteiger partial charge < -0.3 is 14.5 Å². The van der Waals surface area contributed by atoms with Crippen LogP contribution in [-0.2, 0) is 9.53 Å². The van der Waals surface area contributed by atoms with Gasteiger partial charge in [0.2, 0.25) is 0 Å². The van der Waals surface area contributed by atoms with Gasteiger partial charge in [0.05, 0.1) is 17.5 Å². The summed E-state index contributed by atoms with van der Waals surface area (Å²) in [5.41, 5.74) is 1.84. The summed E-state index contributed by atoms with van der Waals surface area (Å²) >= 11 is 0. The lowest BCUT2D eigenvalue weighted by molar-refractivity contribution is -0.139. The first-order valence-electron chi connectivity index (χ1n) is 11.1. The Hall–Kier alpha value is -2.74. The SMILES string of the molecule is O=C1CO[C@H]2CCN(C(=O)N3CCC(c4ccn(-c5ccc(F)cc5)n4)CC3)C[C@H]2C1. The number of carbonyl (C=O) groups is 2. The third-order valence-corrected chi connectivity index (χ3v) is 6.77. The van der Waals surface area contributed by atoms with Crippen LogP contribution in [0, 0.1) is 11.7 Å². The summed E-state index contributed by atoms with van der Waals surface area (Å²) in [6.45, 7) is 2.92. The number of fused-ring (bicyclic) bond motifs is 1. The van der Waals surface area contributed by atoms with Crippen molar-refractivity contribution < 1.29 is 18.7 Å². The number of likely N-dealkylation sites (tertiary alicyclic amines) is 2. The van der Waals surface area contributed by atoms with Gasteiger partial charge >= 0.3 is 6.03 Å². The Labute approximate surface area is 180 Å². The number of hydrogen-bond acceptors (Lipinski definition) is 4. The van der Waals surface area contributed by atoms with Gasteiger partial charge in [0, 0.05) is 50.6 Å². The van der Waals surface area contributed by atoms with Gasteiger partial charge in [0.15, 0.2) is 5.78 Å². The quantitative estimate of drug-likeness (QED) is 0.741. The molecule has 8 heteroatoms. The fourth-order valence-corrected chi connectivity index (χ4v) is 5.01. The molecule has 31 heavy (non-hydrogen) atoms. The van der Waals surface area contributed by atoms with Crippen LogP contribution in [0.25, 0.3) is 5.69 Å². The summed E-state index contributed by atoms with van der Waals surface area (Å²) in [6.07, 6.45) is 5.08. The van der Waals surface area contributed by atoms with Gasteiger partial charge in [-0.15, -0.1) is 0 Å². The second-order valence-corrected chi connectivity index (χ2v) is 8.79. The fraction of sp³-hybridized carbons (Fsp3) is 0.522. The molecular formula is C23H27FN4O3. The van der Waals surface area contributed by atoms with Crippen molar-refractivity contribution >= 4 is 11.8 Å². The highest BCUT2D eigenvalue weighted by Gasteiger charge is 2.38. The van der Waals surface area contributed by atoms with Crippen LogP contribution in [0.15, 0.2) is 36.5 Å². The third kappa shape index (κ3) is 4.21. The number of carbonyl (C=O) groups excluding carboxylic acids is 2. The molecular weight excluding hydrogens is 399 g/mol. The fourth-order valence-electron chi connectivity index (χ4n) is 5.01. The van der Waals surface area contributed by atoms with Crippen LogP contribution in [0.4, 0.5) is 9.18 Å². The number of Topliss-reactive ketones (excluding diaryl/α,β-unsaturated/α-hetero) is 1. The molecule has 0 bridgehead atoms. The van der Waals surface area contributed by atoms with Crippen molar-refractivity contribution in [2.75, 3.05) is 32.8 Å². The summed E-state index contributed by atoms with van der Waals surface area (Å²) < 4.78 is 20.6. The van der Waals surface area contributed by atoms with E-state index >= 15 is 0 Å². The van der Waals surface area contributed by atoms with Crippen molar-refractivity contribution in [3.05, 3.63) is 48.0 Å². The van der Waals surface area contributed by atoms with Crippen LogP contribution in [0.3, 0.4) is 0 Å². The van der Waals surface area contributed by atoms with E-state index in [9.17, 15) is 14.0 Å². The molecule has 1 aromatic carbocycles. The average molecular weight is 426 g/mol. The first-order valence-corrected chi connectivity index (χ1v) is 11.1. The molecule has 0 spiro atoms. The molecule has 0 unspecified atom stereocenters. The molecule has 2 aromatic rings. The lowest BCUT2D eigenvalue weighted by atomic mass is 9.88. The van der Waals surface area contributed by atoms with Gasteiger partial charge in [0.25, 0.3) is 0 Å². The zero-order valence-electron chi connectivity index (χ0n) is 17.5. The normalized spacial score (nSPS) is 24.9. The largest absolute Gasteiger partial charge is 0.370 e. The molecule has 1 aromatic heterocycles. The van der Waals surface area contributed by atoms with Gasteiger partial charge in [-0.05, 0) is 49.6 Å². The van der Waals surface area contributed by atoms with E-state index in [2.05, 4.69) is 5.10 Å². The van der Waals surface area contributed by atoms with Crippen LogP contribution in [-0.4, -0.2) is 70.3 Å². The predicted molar refractivity (Wildman–Crippen MR) is 112 cm³/mol. The Morgan fingerprint density at radius 1 is 1.03 bits per heavy atom. The van der Waals surface area contributed by atoms with Crippen LogP contribution in [0.2, 0.25) is 0 Å². The Morgan fingerprint density at radius 2 is 1.77 bits per heavy atom. The van der Waals surface area contributed by atoms with Crippen molar-refractivity contribution in [3.8, 4) is 5.69 Å². The highest BCUT2D eigenvalue weighted by atomic mass is 19.1. The molecule has 0 saturated carbocycles. The van der Waals surface area contributed by atoms with Gasteiger partial charge in [-0.1, -0.05) is 0 Å².